The summed E-state index contributed by atoms with van der Waals surface area (Å²) in [4.78, 5) is 13.5. The number of aliphatic hydroxyl groups is 1. The first-order valence-electron chi connectivity index (χ1n) is 11.4. The summed E-state index contributed by atoms with van der Waals surface area (Å²) in [6.07, 6.45) is 0.840. The molecule has 0 aliphatic heterocycles. The van der Waals surface area contributed by atoms with Crippen LogP contribution >= 0.6 is 0 Å². The van der Waals surface area contributed by atoms with Crippen molar-refractivity contribution in [3.63, 3.8) is 0 Å². The lowest BCUT2D eigenvalue weighted by molar-refractivity contribution is -0.0869. The Kier molecular flexibility index (Phi) is 7.37. The van der Waals surface area contributed by atoms with Gasteiger partial charge in [0.1, 0.15) is 6.23 Å². The second kappa shape index (κ2) is 9.85. The van der Waals surface area contributed by atoms with Crippen molar-refractivity contribution in [1.82, 2.24) is 10.4 Å². The lowest BCUT2D eigenvalue weighted by Gasteiger charge is -2.42. The molecular weight excluding hydrogens is 396 g/mol. The van der Waals surface area contributed by atoms with Crippen LogP contribution in [0.5, 0.6) is 0 Å². The van der Waals surface area contributed by atoms with E-state index in [9.17, 15) is 9.90 Å². The van der Waals surface area contributed by atoms with E-state index < -0.39 is 6.23 Å². The summed E-state index contributed by atoms with van der Waals surface area (Å²) in [5.41, 5.74) is 6.50. The number of hydrogen-bond donors (Lipinski definition) is 2. The lowest BCUT2D eigenvalue weighted by Crippen LogP contribution is -2.55. The number of nitrogens with one attached hydrogen (secondary N) is 1. The van der Waals surface area contributed by atoms with E-state index in [0.29, 0.717) is 5.56 Å². The van der Waals surface area contributed by atoms with Crippen LogP contribution in [0.1, 0.15) is 73.8 Å². The fourth-order valence-corrected chi connectivity index (χ4v) is 4.49. The minimum Gasteiger partial charge on any atom is -0.372 e. The standard InChI is InChI=1S/C28H36N2O2/c1-7-11-25(28(4,5)6)30(27(32)22-17-19(2)16-20(3)18-22)29-26(31)24-15-10-13-21-12-8-9-14-23(21)24/h8-10,12-18,25,27,32H,7,11H2,1-6H3,(H,29,31)/t25-,27?/m1/s1. The van der Waals surface area contributed by atoms with Crippen LogP contribution in [0.15, 0.2) is 60.7 Å². The van der Waals surface area contributed by atoms with Gasteiger partial charge in [-0.2, -0.15) is 5.01 Å². The van der Waals surface area contributed by atoms with Gasteiger partial charge in [0.2, 0.25) is 0 Å². The molecule has 0 aliphatic rings. The van der Waals surface area contributed by atoms with Crippen molar-refractivity contribution >= 4 is 16.7 Å². The van der Waals surface area contributed by atoms with Gasteiger partial charge in [0.25, 0.3) is 5.91 Å². The highest BCUT2D eigenvalue weighted by atomic mass is 16.3. The van der Waals surface area contributed by atoms with Gasteiger partial charge in [0.15, 0.2) is 0 Å². The van der Waals surface area contributed by atoms with Crippen LogP contribution in [0, 0.1) is 19.3 Å². The number of benzene rings is 3. The number of amides is 1. The molecule has 0 aromatic heterocycles. The van der Waals surface area contributed by atoms with Crippen LogP contribution < -0.4 is 5.43 Å². The SMILES string of the molecule is CCC[C@@H](N(NC(=O)c1cccc2ccccc12)C(O)c1cc(C)cc(C)c1)C(C)(C)C. The van der Waals surface area contributed by atoms with E-state index in [4.69, 9.17) is 0 Å². The van der Waals surface area contributed by atoms with Gasteiger partial charge in [-0.15, -0.1) is 0 Å². The van der Waals surface area contributed by atoms with E-state index >= 15 is 0 Å². The topological polar surface area (TPSA) is 52.6 Å². The Balaban J connectivity index is 2.04. The molecule has 0 saturated heterocycles. The number of aliphatic hydroxyl groups excluding tert-OH is 1. The largest absolute Gasteiger partial charge is 0.372 e. The first-order valence-corrected chi connectivity index (χ1v) is 11.4. The molecule has 32 heavy (non-hydrogen) atoms. The summed E-state index contributed by atoms with van der Waals surface area (Å²) in [5.74, 6) is -0.212. The average Bonchev–Trinajstić information content (AvgIpc) is 2.73. The number of hydrazine groups is 1. The minimum absolute atomic E-state index is 0.0535. The quantitative estimate of drug-likeness (QED) is 0.340. The second-order valence-corrected chi connectivity index (χ2v) is 9.84. The molecule has 3 aromatic carbocycles. The molecule has 0 heterocycles. The van der Waals surface area contributed by atoms with Gasteiger partial charge in [-0.25, -0.2) is 0 Å². The van der Waals surface area contributed by atoms with Crippen molar-refractivity contribution in [2.75, 3.05) is 0 Å². The van der Waals surface area contributed by atoms with Crippen molar-refractivity contribution in [2.45, 2.75) is 66.7 Å². The van der Waals surface area contributed by atoms with E-state index in [0.717, 1.165) is 40.3 Å². The first-order chi connectivity index (χ1) is 15.1. The Bertz CT molecular complexity index is 1060. The lowest BCUT2D eigenvalue weighted by atomic mass is 9.83. The van der Waals surface area contributed by atoms with Gasteiger partial charge >= 0.3 is 0 Å². The number of carbonyl (C=O) groups is 1. The molecule has 3 rings (SSSR count). The Hall–Kier alpha value is -2.69. The first kappa shape index (κ1) is 24.0. The Morgan fingerprint density at radius 1 is 1.00 bits per heavy atom. The smallest absolute Gasteiger partial charge is 0.266 e. The van der Waals surface area contributed by atoms with E-state index in [2.05, 4.69) is 39.2 Å². The van der Waals surface area contributed by atoms with Crippen LogP contribution in [0.3, 0.4) is 0 Å². The third-order valence-corrected chi connectivity index (χ3v) is 5.97. The zero-order valence-electron chi connectivity index (χ0n) is 20.1. The summed E-state index contributed by atoms with van der Waals surface area (Å²) >= 11 is 0. The van der Waals surface area contributed by atoms with Gasteiger partial charge in [0.05, 0.1) is 0 Å². The zero-order valence-corrected chi connectivity index (χ0v) is 20.1. The summed E-state index contributed by atoms with van der Waals surface area (Å²) < 4.78 is 0. The molecule has 170 valence electrons. The molecule has 0 fully saturated rings. The minimum atomic E-state index is -0.955. The summed E-state index contributed by atoms with van der Waals surface area (Å²) in [6, 6.07) is 19.6. The van der Waals surface area contributed by atoms with Crippen LogP contribution in [0.4, 0.5) is 0 Å². The fraction of sp³-hybridized carbons (Fsp3) is 0.393. The highest BCUT2D eigenvalue weighted by Crippen LogP contribution is 2.33. The van der Waals surface area contributed by atoms with E-state index in [1.54, 1.807) is 5.01 Å². The van der Waals surface area contributed by atoms with Crippen LogP contribution in [-0.4, -0.2) is 22.1 Å². The second-order valence-electron chi connectivity index (χ2n) is 9.84. The van der Waals surface area contributed by atoms with E-state index in [1.165, 1.54) is 0 Å². The predicted molar refractivity (Wildman–Crippen MR) is 132 cm³/mol. The van der Waals surface area contributed by atoms with Crippen molar-refractivity contribution < 1.29 is 9.90 Å². The van der Waals surface area contributed by atoms with Crippen molar-refractivity contribution in [2.24, 2.45) is 5.41 Å². The average molecular weight is 433 g/mol. The van der Waals surface area contributed by atoms with Gasteiger partial charge < -0.3 is 5.11 Å². The number of fused-ring (bicyclic) bond motifs is 1. The Labute approximate surface area is 192 Å². The third kappa shape index (κ3) is 5.37. The summed E-state index contributed by atoms with van der Waals surface area (Å²) in [5, 5.41) is 15.2. The highest BCUT2D eigenvalue weighted by Gasteiger charge is 2.35. The van der Waals surface area contributed by atoms with Gasteiger partial charge in [-0.05, 0) is 48.1 Å². The zero-order chi connectivity index (χ0) is 23.5. The maximum absolute atomic E-state index is 13.5. The summed E-state index contributed by atoms with van der Waals surface area (Å²) in [6.45, 7) is 12.6. The molecular formula is C28H36N2O2. The molecule has 3 aromatic rings. The summed E-state index contributed by atoms with van der Waals surface area (Å²) in [7, 11) is 0. The molecule has 0 bridgehead atoms. The number of carbonyl (C=O) groups excluding carboxylic acids is 1. The maximum atomic E-state index is 13.5. The molecule has 0 radical (unpaired) electrons. The van der Waals surface area contributed by atoms with E-state index in [1.807, 2.05) is 68.4 Å². The number of aryl methyl sites for hydroxylation is 2. The van der Waals surface area contributed by atoms with Crippen molar-refractivity contribution in [1.29, 1.82) is 0 Å². The molecule has 1 unspecified atom stereocenters. The monoisotopic (exact) mass is 432 g/mol. The number of hydrogen-bond acceptors (Lipinski definition) is 3. The molecule has 0 saturated carbocycles. The van der Waals surface area contributed by atoms with Crippen LogP contribution in [0.2, 0.25) is 0 Å². The predicted octanol–water partition coefficient (Wildman–Crippen LogP) is 6.31. The molecule has 4 heteroatoms. The molecule has 4 nitrogen and oxygen atoms in total. The highest BCUT2D eigenvalue weighted by molar-refractivity contribution is 6.06. The van der Waals surface area contributed by atoms with Crippen molar-refractivity contribution in [3.8, 4) is 0 Å². The number of rotatable bonds is 7. The van der Waals surface area contributed by atoms with Gasteiger partial charge in [-0.3, -0.25) is 10.2 Å². The molecule has 0 aliphatic carbocycles. The molecule has 2 N–H and O–H groups in total. The Morgan fingerprint density at radius 2 is 1.62 bits per heavy atom. The molecule has 0 spiro atoms. The fourth-order valence-electron chi connectivity index (χ4n) is 4.49. The normalized spacial score (nSPS) is 13.9. The third-order valence-electron chi connectivity index (χ3n) is 5.97. The molecule has 1 amide bonds. The Morgan fingerprint density at radius 3 is 2.25 bits per heavy atom. The van der Waals surface area contributed by atoms with Crippen LogP contribution in [-0.2, 0) is 0 Å². The van der Waals surface area contributed by atoms with Gasteiger partial charge in [0, 0.05) is 11.6 Å². The van der Waals surface area contributed by atoms with Crippen molar-refractivity contribution in [3.05, 3.63) is 82.9 Å². The molecule has 2 atom stereocenters. The van der Waals surface area contributed by atoms with Crippen LogP contribution in [0.25, 0.3) is 10.8 Å². The maximum Gasteiger partial charge on any atom is 0.266 e. The van der Waals surface area contributed by atoms with E-state index in [-0.39, 0.29) is 17.4 Å². The van der Waals surface area contributed by atoms with Gasteiger partial charge in [-0.1, -0.05) is 99.8 Å². The number of nitrogens with zero attached hydrogens (tertiary/aromatic N) is 1.